The summed E-state index contributed by atoms with van der Waals surface area (Å²) in [6.07, 6.45) is 0. The molecule has 88 valence electrons. The monoisotopic (exact) mass is 293 g/mol. The maximum Gasteiger partial charge on any atom is 0.0743 e. The van der Waals surface area contributed by atoms with Crippen molar-refractivity contribution in [2.24, 2.45) is 0 Å². The first kappa shape index (κ1) is 11.9. The van der Waals surface area contributed by atoms with Crippen LogP contribution in [0.4, 0.5) is 0 Å². The van der Waals surface area contributed by atoms with Crippen molar-refractivity contribution in [3.05, 3.63) is 45.7 Å². The van der Waals surface area contributed by atoms with E-state index in [2.05, 4.69) is 21.0 Å². The number of nitrogens with zero attached hydrogens (tertiary/aromatic N) is 2. The summed E-state index contributed by atoms with van der Waals surface area (Å²) >= 11 is 3.45. The second-order valence-electron chi connectivity index (χ2n) is 3.73. The third kappa shape index (κ3) is 2.10. The smallest absolute Gasteiger partial charge is 0.0743 e. The van der Waals surface area contributed by atoms with Crippen LogP contribution >= 0.6 is 15.9 Å². The maximum absolute atomic E-state index is 10.6. The van der Waals surface area contributed by atoms with Gasteiger partial charge in [0, 0.05) is 0 Å². The van der Waals surface area contributed by atoms with Crippen molar-refractivity contribution in [1.29, 1.82) is 0 Å². The fraction of sp³-hybridized carbons (Fsp3) is 0.167. The summed E-state index contributed by atoms with van der Waals surface area (Å²) < 4.78 is 2.72. The predicted molar refractivity (Wildman–Crippen MR) is 65.1 cm³/mol. The molecule has 1 aromatic heterocycles. The molecule has 0 aliphatic carbocycles. The van der Waals surface area contributed by atoms with Crippen molar-refractivity contribution in [2.45, 2.75) is 13.8 Å². The molecule has 0 bridgehead atoms. The fourth-order valence-corrected chi connectivity index (χ4v) is 1.86. The molecule has 0 N–H and O–H groups in total. The number of benzene rings is 1. The van der Waals surface area contributed by atoms with Crippen LogP contribution in [-0.4, -0.2) is 15.7 Å². The van der Waals surface area contributed by atoms with Crippen LogP contribution in [0.3, 0.4) is 0 Å². The summed E-state index contributed by atoms with van der Waals surface area (Å²) in [6, 6.07) is 6.43. The molecule has 5 heteroatoms. The Balaban J connectivity index is 2.47. The van der Waals surface area contributed by atoms with Gasteiger partial charge in [-0.3, -0.25) is 0 Å². The molecule has 0 aliphatic heterocycles. The number of carboxylic acid groups (broad SMARTS) is 1. The van der Waals surface area contributed by atoms with Crippen molar-refractivity contribution < 1.29 is 9.90 Å². The Morgan fingerprint density at radius 2 is 1.88 bits per heavy atom. The highest BCUT2D eigenvalue weighted by atomic mass is 79.9. The van der Waals surface area contributed by atoms with E-state index in [1.54, 1.807) is 16.8 Å². The summed E-state index contributed by atoms with van der Waals surface area (Å²) in [4.78, 5) is 10.6. The Morgan fingerprint density at radius 1 is 1.29 bits per heavy atom. The maximum atomic E-state index is 10.6. The van der Waals surface area contributed by atoms with Gasteiger partial charge in [0.05, 0.1) is 27.5 Å². The van der Waals surface area contributed by atoms with Crippen LogP contribution in [0.1, 0.15) is 21.7 Å². The Labute approximate surface area is 107 Å². The lowest BCUT2D eigenvalue weighted by atomic mass is 10.2. The quantitative estimate of drug-likeness (QED) is 0.845. The largest absolute Gasteiger partial charge is 0.545 e. The molecule has 1 heterocycles. The van der Waals surface area contributed by atoms with E-state index in [0.717, 1.165) is 21.5 Å². The van der Waals surface area contributed by atoms with Crippen LogP contribution in [0.15, 0.2) is 28.7 Å². The van der Waals surface area contributed by atoms with E-state index < -0.39 is 5.97 Å². The fourth-order valence-electron chi connectivity index (χ4n) is 1.61. The van der Waals surface area contributed by atoms with Crippen molar-refractivity contribution >= 4 is 21.9 Å². The van der Waals surface area contributed by atoms with Crippen LogP contribution in [0, 0.1) is 13.8 Å². The minimum absolute atomic E-state index is 0.161. The summed E-state index contributed by atoms with van der Waals surface area (Å²) in [6.45, 7) is 3.85. The van der Waals surface area contributed by atoms with Gasteiger partial charge in [-0.1, -0.05) is 12.1 Å². The van der Waals surface area contributed by atoms with Gasteiger partial charge in [-0.15, -0.1) is 0 Å². The number of hydrogen-bond acceptors (Lipinski definition) is 3. The highest BCUT2D eigenvalue weighted by Crippen LogP contribution is 2.22. The molecule has 0 atom stereocenters. The standard InChI is InChI=1S/C12H11BrN2O2/c1-7-11(13)8(2)15(14-7)10-5-3-9(4-6-10)12(16)17/h3-6H,1-2H3,(H,16,17)/p-1. The van der Waals surface area contributed by atoms with Crippen molar-refractivity contribution in [2.75, 3.05) is 0 Å². The van der Waals surface area contributed by atoms with Gasteiger partial charge < -0.3 is 9.90 Å². The van der Waals surface area contributed by atoms with E-state index in [9.17, 15) is 9.90 Å². The van der Waals surface area contributed by atoms with Crippen LogP contribution in [0.5, 0.6) is 0 Å². The predicted octanol–water partition coefficient (Wildman–Crippen LogP) is 1.62. The van der Waals surface area contributed by atoms with Crippen LogP contribution < -0.4 is 5.11 Å². The number of aryl methyl sites for hydroxylation is 1. The van der Waals surface area contributed by atoms with Gasteiger partial charge in [-0.05, 0) is 47.5 Å². The lowest BCUT2D eigenvalue weighted by Crippen LogP contribution is -2.22. The molecule has 0 unspecified atom stereocenters. The average Bonchev–Trinajstić information content (AvgIpc) is 2.57. The molecule has 0 amide bonds. The minimum atomic E-state index is -1.17. The normalized spacial score (nSPS) is 10.5. The Bertz CT molecular complexity index is 573. The molecule has 2 rings (SSSR count). The Morgan fingerprint density at radius 3 is 2.29 bits per heavy atom. The summed E-state index contributed by atoms with van der Waals surface area (Å²) in [5.74, 6) is -1.17. The van der Waals surface area contributed by atoms with E-state index in [-0.39, 0.29) is 5.56 Å². The van der Waals surface area contributed by atoms with E-state index in [0.29, 0.717) is 0 Å². The molecule has 0 aliphatic rings. The first-order chi connectivity index (χ1) is 8.00. The number of carboxylic acids is 1. The van der Waals surface area contributed by atoms with E-state index in [1.807, 2.05) is 13.8 Å². The molecule has 2 aromatic rings. The molecule has 0 saturated heterocycles. The molecular formula is C12H10BrN2O2-. The number of carbonyl (C=O) groups excluding carboxylic acids is 1. The SMILES string of the molecule is Cc1nn(-c2ccc(C(=O)[O-])cc2)c(C)c1Br. The van der Waals surface area contributed by atoms with Crippen molar-refractivity contribution in [3.63, 3.8) is 0 Å². The van der Waals surface area contributed by atoms with Gasteiger partial charge in [0.1, 0.15) is 0 Å². The third-order valence-corrected chi connectivity index (χ3v) is 3.70. The third-order valence-electron chi connectivity index (χ3n) is 2.55. The molecular weight excluding hydrogens is 284 g/mol. The first-order valence-electron chi connectivity index (χ1n) is 5.04. The molecule has 4 nitrogen and oxygen atoms in total. The molecule has 0 fully saturated rings. The number of halogens is 1. The number of aromatic carboxylic acids is 1. The molecule has 17 heavy (non-hydrogen) atoms. The van der Waals surface area contributed by atoms with Gasteiger partial charge in [-0.25, -0.2) is 4.68 Å². The Hall–Kier alpha value is -1.62. The van der Waals surface area contributed by atoms with Gasteiger partial charge in [0.15, 0.2) is 0 Å². The summed E-state index contributed by atoms with van der Waals surface area (Å²) in [5, 5.41) is 15.0. The highest BCUT2D eigenvalue weighted by Gasteiger charge is 2.09. The Kier molecular flexibility index (Phi) is 3.02. The number of rotatable bonds is 2. The van der Waals surface area contributed by atoms with Gasteiger partial charge in [0.25, 0.3) is 0 Å². The van der Waals surface area contributed by atoms with Crippen LogP contribution in [0.25, 0.3) is 5.69 Å². The number of carbonyl (C=O) groups is 1. The minimum Gasteiger partial charge on any atom is -0.545 e. The topological polar surface area (TPSA) is 58.0 Å². The summed E-state index contributed by atoms with van der Waals surface area (Å²) in [5.41, 5.74) is 2.85. The molecule has 0 radical (unpaired) electrons. The number of aromatic nitrogens is 2. The van der Waals surface area contributed by atoms with E-state index >= 15 is 0 Å². The van der Waals surface area contributed by atoms with Crippen molar-refractivity contribution in [3.8, 4) is 5.69 Å². The summed E-state index contributed by atoms with van der Waals surface area (Å²) in [7, 11) is 0. The van der Waals surface area contributed by atoms with Crippen molar-refractivity contribution in [1.82, 2.24) is 9.78 Å². The highest BCUT2D eigenvalue weighted by molar-refractivity contribution is 9.10. The van der Waals surface area contributed by atoms with Gasteiger partial charge >= 0.3 is 0 Å². The zero-order valence-electron chi connectivity index (χ0n) is 9.40. The lowest BCUT2D eigenvalue weighted by Gasteiger charge is -2.06. The van der Waals surface area contributed by atoms with E-state index in [4.69, 9.17) is 0 Å². The second-order valence-corrected chi connectivity index (χ2v) is 4.52. The van der Waals surface area contributed by atoms with E-state index in [1.165, 1.54) is 12.1 Å². The second kappa shape index (κ2) is 4.33. The number of hydrogen-bond donors (Lipinski definition) is 0. The molecule has 0 saturated carbocycles. The molecule has 1 aromatic carbocycles. The average molecular weight is 294 g/mol. The molecule has 0 spiro atoms. The van der Waals surface area contributed by atoms with Gasteiger partial charge in [-0.2, -0.15) is 5.10 Å². The lowest BCUT2D eigenvalue weighted by molar-refractivity contribution is -0.255. The zero-order valence-corrected chi connectivity index (χ0v) is 11.0. The van der Waals surface area contributed by atoms with Crippen LogP contribution in [-0.2, 0) is 0 Å². The zero-order chi connectivity index (χ0) is 12.6. The first-order valence-corrected chi connectivity index (χ1v) is 5.83. The van der Waals surface area contributed by atoms with Crippen LogP contribution in [0.2, 0.25) is 0 Å². The van der Waals surface area contributed by atoms with Gasteiger partial charge in [0.2, 0.25) is 0 Å².